The molecular formula is C19H24O. The van der Waals surface area contributed by atoms with Crippen molar-refractivity contribution in [2.75, 3.05) is 0 Å². The number of aryl methyl sites for hydroxylation is 1. The second-order valence-electron chi connectivity index (χ2n) is 7.17. The first-order valence-electron chi connectivity index (χ1n) is 7.75. The summed E-state index contributed by atoms with van der Waals surface area (Å²) in [6.45, 7) is 8.86. The minimum absolute atomic E-state index is 0.110. The summed E-state index contributed by atoms with van der Waals surface area (Å²) in [7, 11) is 0. The third-order valence-electron chi connectivity index (χ3n) is 6.08. The fourth-order valence-electron chi connectivity index (χ4n) is 4.12. The molecule has 106 valence electrons. The minimum Gasteiger partial charge on any atom is -0.294 e. The van der Waals surface area contributed by atoms with Crippen molar-refractivity contribution in [3.8, 4) is 0 Å². The van der Waals surface area contributed by atoms with E-state index in [2.05, 4.69) is 58.0 Å². The van der Waals surface area contributed by atoms with Gasteiger partial charge in [0.1, 0.15) is 0 Å². The number of hydrogen-bond acceptors (Lipinski definition) is 1. The lowest BCUT2D eigenvalue weighted by molar-refractivity contribution is -0.125. The Labute approximate surface area is 122 Å². The van der Waals surface area contributed by atoms with Crippen LogP contribution in [0.25, 0.3) is 6.08 Å². The zero-order valence-electron chi connectivity index (χ0n) is 13.0. The van der Waals surface area contributed by atoms with Crippen LogP contribution in [0.4, 0.5) is 0 Å². The van der Waals surface area contributed by atoms with E-state index in [-0.39, 0.29) is 10.8 Å². The molecule has 2 aliphatic rings. The molecule has 0 unspecified atom stereocenters. The molecule has 0 radical (unpaired) electrons. The van der Waals surface area contributed by atoms with Gasteiger partial charge in [0.2, 0.25) is 0 Å². The Hall–Kier alpha value is -1.37. The number of allylic oxidation sites excluding steroid dienone is 1. The Kier molecular flexibility index (Phi) is 2.93. The van der Waals surface area contributed by atoms with Crippen molar-refractivity contribution < 1.29 is 4.79 Å². The Morgan fingerprint density at radius 1 is 1.20 bits per heavy atom. The van der Waals surface area contributed by atoms with E-state index < -0.39 is 0 Å². The van der Waals surface area contributed by atoms with Gasteiger partial charge in [-0.15, -0.1) is 0 Å². The van der Waals surface area contributed by atoms with Crippen LogP contribution >= 0.6 is 0 Å². The van der Waals surface area contributed by atoms with Gasteiger partial charge in [-0.25, -0.2) is 0 Å². The molecule has 1 aromatic carbocycles. The highest BCUT2D eigenvalue weighted by atomic mass is 16.1. The largest absolute Gasteiger partial charge is 0.294 e. The van der Waals surface area contributed by atoms with Gasteiger partial charge in [0.25, 0.3) is 0 Å². The maximum Gasteiger partial charge on any atom is 0.165 e. The molecule has 3 rings (SSSR count). The molecular weight excluding hydrogens is 244 g/mol. The fraction of sp³-hybridized carbons (Fsp3) is 0.526. The summed E-state index contributed by atoms with van der Waals surface area (Å²) in [4.78, 5) is 12.8. The van der Waals surface area contributed by atoms with Crippen LogP contribution < -0.4 is 0 Å². The third kappa shape index (κ3) is 1.65. The zero-order chi connectivity index (χ0) is 14.5. The number of ketones is 1. The van der Waals surface area contributed by atoms with E-state index in [1.54, 1.807) is 0 Å². The monoisotopic (exact) mass is 268 g/mol. The van der Waals surface area contributed by atoms with E-state index in [9.17, 15) is 4.79 Å². The average molecular weight is 268 g/mol. The molecule has 1 heteroatoms. The maximum absolute atomic E-state index is 12.8. The Balaban J connectivity index is 1.99. The van der Waals surface area contributed by atoms with Crippen LogP contribution in [0.2, 0.25) is 0 Å². The summed E-state index contributed by atoms with van der Waals surface area (Å²) < 4.78 is 0. The van der Waals surface area contributed by atoms with Crippen molar-refractivity contribution in [1.82, 2.24) is 0 Å². The molecule has 0 aliphatic heterocycles. The van der Waals surface area contributed by atoms with Crippen molar-refractivity contribution in [3.63, 3.8) is 0 Å². The highest BCUT2D eigenvalue weighted by molar-refractivity contribution is 6.07. The van der Waals surface area contributed by atoms with Crippen molar-refractivity contribution in [2.24, 2.45) is 16.7 Å². The average Bonchev–Trinajstić information content (AvgIpc) is 2.74. The minimum atomic E-state index is -0.146. The molecule has 0 spiro atoms. The predicted octanol–water partition coefficient (Wildman–Crippen LogP) is 4.66. The Bertz CT molecular complexity index is 576. The first-order chi connectivity index (χ1) is 9.40. The lowest BCUT2D eigenvalue weighted by atomic mass is 9.70. The number of Topliss-reactive ketones (excluding diaryl/α,β-unsaturated/α-hetero) is 1. The normalized spacial score (nSPS) is 33.1. The van der Waals surface area contributed by atoms with Crippen LogP contribution in [0.15, 0.2) is 29.8 Å². The SMILES string of the molecule is CCc1ccc(/C=C2/C(=O)[C@]3(C)CC[C@@H]2C3(C)C)cc1. The summed E-state index contributed by atoms with van der Waals surface area (Å²) in [5.74, 6) is 0.823. The topological polar surface area (TPSA) is 17.1 Å². The number of rotatable bonds is 2. The summed E-state index contributed by atoms with van der Waals surface area (Å²) in [5.41, 5.74) is 3.54. The van der Waals surface area contributed by atoms with Gasteiger partial charge in [-0.05, 0) is 53.4 Å². The van der Waals surface area contributed by atoms with Crippen LogP contribution in [0.1, 0.15) is 51.7 Å². The van der Waals surface area contributed by atoms with E-state index in [1.807, 2.05) is 0 Å². The molecule has 2 saturated carbocycles. The number of fused-ring (bicyclic) bond motifs is 2. The Morgan fingerprint density at radius 2 is 1.85 bits per heavy atom. The molecule has 1 nitrogen and oxygen atoms in total. The quantitative estimate of drug-likeness (QED) is 0.713. The highest BCUT2D eigenvalue weighted by Crippen LogP contribution is 2.65. The van der Waals surface area contributed by atoms with Gasteiger partial charge < -0.3 is 0 Å². The molecule has 0 N–H and O–H groups in total. The lowest BCUT2D eigenvalue weighted by Crippen LogP contribution is -2.32. The lowest BCUT2D eigenvalue weighted by Gasteiger charge is -2.31. The summed E-state index contributed by atoms with van der Waals surface area (Å²) >= 11 is 0. The zero-order valence-corrected chi connectivity index (χ0v) is 13.0. The molecule has 0 aromatic heterocycles. The standard InChI is InChI=1S/C19H24O/c1-5-13-6-8-14(9-7-13)12-15-16-10-11-19(4,17(15)20)18(16,2)3/h6-9,12,16H,5,10-11H2,1-4H3/b15-12+/t16-,19-/m0/s1. The molecule has 2 bridgehead atoms. The van der Waals surface area contributed by atoms with E-state index in [0.29, 0.717) is 11.7 Å². The third-order valence-corrected chi connectivity index (χ3v) is 6.08. The van der Waals surface area contributed by atoms with Crippen LogP contribution in [-0.4, -0.2) is 5.78 Å². The molecule has 1 aromatic rings. The predicted molar refractivity (Wildman–Crippen MR) is 83.4 cm³/mol. The summed E-state index contributed by atoms with van der Waals surface area (Å²) in [6.07, 6.45) is 5.41. The van der Waals surface area contributed by atoms with Crippen LogP contribution in [-0.2, 0) is 11.2 Å². The highest BCUT2D eigenvalue weighted by Gasteiger charge is 2.63. The maximum atomic E-state index is 12.8. The molecule has 20 heavy (non-hydrogen) atoms. The van der Waals surface area contributed by atoms with E-state index >= 15 is 0 Å². The fourth-order valence-corrected chi connectivity index (χ4v) is 4.12. The van der Waals surface area contributed by atoms with Gasteiger partial charge in [0, 0.05) is 5.41 Å². The van der Waals surface area contributed by atoms with Gasteiger partial charge >= 0.3 is 0 Å². The smallest absolute Gasteiger partial charge is 0.165 e. The van der Waals surface area contributed by atoms with Crippen LogP contribution in [0.3, 0.4) is 0 Å². The molecule has 2 fully saturated rings. The van der Waals surface area contributed by atoms with Crippen molar-refractivity contribution in [3.05, 3.63) is 41.0 Å². The number of carbonyl (C=O) groups excluding carboxylic acids is 1. The first-order valence-corrected chi connectivity index (χ1v) is 7.75. The summed E-state index contributed by atoms with van der Waals surface area (Å²) in [6, 6.07) is 8.61. The van der Waals surface area contributed by atoms with Crippen LogP contribution in [0, 0.1) is 16.7 Å². The van der Waals surface area contributed by atoms with Gasteiger partial charge in [-0.2, -0.15) is 0 Å². The van der Waals surface area contributed by atoms with E-state index in [4.69, 9.17) is 0 Å². The van der Waals surface area contributed by atoms with Gasteiger partial charge in [-0.3, -0.25) is 4.79 Å². The Morgan fingerprint density at radius 3 is 2.35 bits per heavy atom. The van der Waals surface area contributed by atoms with Gasteiger partial charge in [-0.1, -0.05) is 52.0 Å². The molecule has 0 saturated heterocycles. The molecule has 0 heterocycles. The van der Waals surface area contributed by atoms with Gasteiger partial charge in [0.05, 0.1) is 0 Å². The number of benzene rings is 1. The molecule has 0 amide bonds. The van der Waals surface area contributed by atoms with Crippen LogP contribution in [0.5, 0.6) is 0 Å². The second-order valence-corrected chi connectivity index (χ2v) is 7.17. The van der Waals surface area contributed by atoms with Crippen molar-refractivity contribution >= 4 is 11.9 Å². The first kappa shape index (κ1) is 13.6. The summed E-state index contributed by atoms with van der Waals surface area (Å²) in [5, 5.41) is 0. The molecule has 2 aliphatic carbocycles. The van der Waals surface area contributed by atoms with Crippen molar-refractivity contribution in [2.45, 2.75) is 47.0 Å². The number of carbonyl (C=O) groups is 1. The molecule has 2 atom stereocenters. The number of hydrogen-bond donors (Lipinski definition) is 0. The second kappa shape index (κ2) is 4.31. The van der Waals surface area contributed by atoms with E-state index in [0.717, 1.165) is 30.4 Å². The van der Waals surface area contributed by atoms with Crippen molar-refractivity contribution in [1.29, 1.82) is 0 Å². The van der Waals surface area contributed by atoms with Gasteiger partial charge in [0.15, 0.2) is 5.78 Å². The van der Waals surface area contributed by atoms with E-state index in [1.165, 1.54) is 5.56 Å².